The maximum Gasteiger partial charge on any atom is 0.142 e. The lowest BCUT2D eigenvalue weighted by Gasteiger charge is -2.05. The molecule has 0 saturated heterocycles. The van der Waals surface area contributed by atoms with Crippen LogP contribution in [-0.2, 0) is 5.60 Å². The molecule has 0 aliphatic heterocycles. The molecule has 3 rings (SSSR count). The lowest BCUT2D eigenvalue weighted by molar-refractivity contribution is 0.153. The van der Waals surface area contributed by atoms with Gasteiger partial charge in [-0.3, -0.25) is 0 Å². The summed E-state index contributed by atoms with van der Waals surface area (Å²) in [5, 5.41) is 11.1. The molecule has 0 atom stereocenters. The Bertz CT molecular complexity index is 504. The average Bonchev–Trinajstić information content (AvgIpc) is 2.77. The highest BCUT2D eigenvalue weighted by molar-refractivity contribution is 6.34. The Morgan fingerprint density at radius 2 is 2.21 bits per heavy atom. The number of halogens is 1. The first-order valence-electron chi connectivity index (χ1n) is 4.41. The summed E-state index contributed by atoms with van der Waals surface area (Å²) in [7, 11) is 0. The Labute approximate surface area is 84.9 Å². The topological polar surface area (TPSA) is 61.8 Å². The first kappa shape index (κ1) is 8.20. The van der Waals surface area contributed by atoms with Crippen LogP contribution in [0.1, 0.15) is 18.4 Å². The van der Waals surface area contributed by atoms with Gasteiger partial charge in [0.05, 0.1) is 11.0 Å². The number of nitrogens with zero attached hydrogens (tertiary/aromatic N) is 2. The average molecular weight is 210 g/mol. The van der Waals surface area contributed by atoms with Gasteiger partial charge in [0.15, 0.2) is 0 Å². The molecule has 2 aromatic rings. The van der Waals surface area contributed by atoms with E-state index in [1.165, 1.54) is 6.33 Å². The van der Waals surface area contributed by atoms with E-state index in [0.717, 1.165) is 23.8 Å². The van der Waals surface area contributed by atoms with Crippen LogP contribution in [0.4, 0.5) is 0 Å². The van der Waals surface area contributed by atoms with Crippen LogP contribution in [0.25, 0.3) is 11.0 Å². The molecule has 0 spiro atoms. The first-order valence-corrected chi connectivity index (χ1v) is 4.79. The second-order valence-corrected chi connectivity index (χ2v) is 3.98. The summed E-state index contributed by atoms with van der Waals surface area (Å²) >= 11 is 5.96. The van der Waals surface area contributed by atoms with E-state index in [2.05, 4.69) is 15.0 Å². The van der Waals surface area contributed by atoms with Crippen LogP contribution in [0.5, 0.6) is 0 Å². The molecule has 0 amide bonds. The molecule has 2 heterocycles. The highest BCUT2D eigenvalue weighted by atomic mass is 35.5. The van der Waals surface area contributed by atoms with Crippen molar-refractivity contribution in [3.63, 3.8) is 0 Å². The van der Waals surface area contributed by atoms with Gasteiger partial charge in [-0.15, -0.1) is 0 Å². The third-order valence-corrected chi connectivity index (χ3v) is 2.94. The van der Waals surface area contributed by atoms with Crippen molar-refractivity contribution in [1.82, 2.24) is 15.0 Å². The van der Waals surface area contributed by atoms with Crippen molar-refractivity contribution in [2.75, 3.05) is 0 Å². The van der Waals surface area contributed by atoms with Crippen LogP contribution in [0.15, 0.2) is 12.5 Å². The molecule has 4 nitrogen and oxygen atoms in total. The SMILES string of the molecule is OC1(c2c[nH]c3ncnc(Cl)c23)CC1. The molecule has 1 fully saturated rings. The third-order valence-electron chi connectivity index (χ3n) is 2.65. The summed E-state index contributed by atoms with van der Waals surface area (Å²) in [4.78, 5) is 10.9. The van der Waals surface area contributed by atoms with Gasteiger partial charge in [0.1, 0.15) is 17.1 Å². The number of aromatic nitrogens is 3. The fraction of sp³-hybridized carbons (Fsp3) is 0.333. The number of H-pyrrole nitrogens is 1. The molecule has 0 radical (unpaired) electrons. The normalized spacial score (nSPS) is 18.7. The van der Waals surface area contributed by atoms with E-state index in [9.17, 15) is 5.11 Å². The van der Waals surface area contributed by atoms with Gasteiger partial charge >= 0.3 is 0 Å². The fourth-order valence-electron chi connectivity index (χ4n) is 1.68. The molecule has 0 bridgehead atoms. The van der Waals surface area contributed by atoms with Gasteiger partial charge < -0.3 is 10.1 Å². The molecule has 5 heteroatoms. The van der Waals surface area contributed by atoms with Gasteiger partial charge in [0, 0.05) is 11.8 Å². The number of aliphatic hydroxyl groups is 1. The molecule has 1 aliphatic rings. The van der Waals surface area contributed by atoms with Crippen molar-refractivity contribution in [3.05, 3.63) is 23.2 Å². The van der Waals surface area contributed by atoms with Crippen molar-refractivity contribution in [2.45, 2.75) is 18.4 Å². The van der Waals surface area contributed by atoms with Crippen LogP contribution in [0.2, 0.25) is 5.15 Å². The third kappa shape index (κ3) is 0.980. The zero-order chi connectivity index (χ0) is 9.76. The number of aromatic amines is 1. The van der Waals surface area contributed by atoms with Gasteiger partial charge in [-0.1, -0.05) is 11.6 Å². The van der Waals surface area contributed by atoms with E-state index in [4.69, 9.17) is 11.6 Å². The largest absolute Gasteiger partial charge is 0.385 e. The molecule has 72 valence electrons. The summed E-state index contributed by atoms with van der Waals surface area (Å²) in [5.74, 6) is 0. The minimum atomic E-state index is -0.702. The van der Waals surface area contributed by atoms with Crippen molar-refractivity contribution in [1.29, 1.82) is 0 Å². The smallest absolute Gasteiger partial charge is 0.142 e. The molecule has 14 heavy (non-hydrogen) atoms. The summed E-state index contributed by atoms with van der Waals surface area (Å²) in [6, 6.07) is 0. The summed E-state index contributed by atoms with van der Waals surface area (Å²) < 4.78 is 0. The van der Waals surface area contributed by atoms with Crippen molar-refractivity contribution in [3.8, 4) is 0 Å². The Kier molecular flexibility index (Phi) is 1.44. The molecular weight excluding hydrogens is 202 g/mol. The van der Waals surface area contributed by atoms with E-state index in [1.807, 2.05) is 0 Å². The van der Waals surface area contributed by atoms with E-state index in [0.29, 0.717) is 10.8 Å². The van der Waals surface area contributed by atoms with E-state index >= 15 is 0 Å². The molecular formula is C9H8ClN3O. The number of rotatable bonds is 1. The number of fused-ring (bicyclic) bond motifs is 1. The Hall–Kier alpha value is -1.13. The number of nitrogens with one attached hydrogen (secondary N) is 1. The Balaban J connectivity index is 2.35. The highest BCUT2D eigenvalue weighted by Crippen LogP contribution is 2.48. The Morgan fingerprint density at radius 1 is 1.43 bits per heavy atom. The monoisotopic (exact) mass is 209 g/mol. The van der Waals surface area contributed by atoms with Crippen LogP contribution >= 0.6 is 11.6 Å². The van der Waals surface area contributed by atoms with Gasteiger partial charge in [-0.05, 0) is 12.8 Å². The maximum absolute atomic E-state index is 9.98. The number of hydrogen-bond acceptors (Lipinski definition) is 3. The lowest BCUT2D eigenvalue weighted by atomic mass is 10.1. The standard InChI is InChI=1S/C9H8ClN3O/c10-7-6-5(9(14)1-2-9)3-11-8(6)13-4-12-7/h3-4,14H,1-2H2,(H,11,12,13). The van der Waals surface area contributed by atoms with Crippen LogP contribution < -0.4 is 0 Å². The number of hydrogen-bond donors (Lipinski definition) is 2. The molecule has 0 unspecified atom stereocenters. The van der Waals surface area contributed by atoms with Crippen LogP contribution in [-0.4, -0.2) is 20.1 Å². The fourth-order valence-corrected chi connectivity index (χ4v) is 1.91. The van der Waals surface area contributed by atoms with Gasteiger partial charge in [0.2, 0.25) is 0 Å². The molecule has 2 aromatic heterocycles. The van der Waals surface area contributed by atoms with Crippen LogP contribution in [0.3, 0.4) is 0 Å². The van der Waals surface area contributed by atoms with Gasteiger partial charge in [0.25, 0.3) is 0 Å². The summed E-state index contributed by atoms with van der Waals surface area (Å²) in [6.45, 7) is 0. The Morgan fingerprint density at radius 3 is 2.93 bits per heavy atom. The zero-order valence-corrected chi connectivity index (χ0v) is 8.04. The summed E-state index contributed by atoms with van der Waals surface area (Å²) in [5.41, 5.74) is 0.797. The highest BCUT2D eigenvalue weighted by Gasteiger charge is 2.44. The lowest BCUT2D eigenvalue weighted by Crippen LogP contribution is -2.03. The van der Waals surface area contributed by atoms with Crippen LogP contribution in [0, 0.1) is 0 Å². The summed E-state index contributed by atoms with van der Waals surface area (Å²) in [6.07, 6.45) is 4.73. The predicted molar refractivity (Wildman–Crippen MR) is 52.0 cm³/mol. The quantitative estimate of drug-likeness (QED) is 0.702. The first-order chi connectivity index (χ1) is 6.71. The maximum atomic E-state index is 9.98. The molecule has 2 N–H and O–H groups in total. The van der Waals surface area contributed by atoms with Crippen molar-refractivity contribution in [2.24, 2.45) is 0 Å². The second-order valence-electron chi connectivity index (χ2n) is 3.62. The molecule has 1 saturated carbocycles. The van der Waals surface area contributed by atoms with Gasteiger partial charge in [-0.2, -0.15) is 0 Å². The van der Waals surface area contributed by atoms with E-state index < -0.39 is 5.60 Å². The predicted octanol–water partition coefficient (Wildman–Crippen LogP) is 1.59. The minimum Gasteiger partial charge on any atom is -0.385 e. The van der Waals surface area contributed by atoms with E-state index in [-0.39, 0.29) is 0 Å². The zero-order valence-electron chi connectivity index (χ0n) is 7.29. The van der Waals surface area contributed by atoms with E-state index in [1.54, 1.807) is 6.20 Å². The van der Waals surface area contributed by atoms with Crippen molar-refractivity contribution >= 4 is 22.6 Å². The second kappa shape index (κ2) is 2.46. The van der Waals surface area contributed by atoms with Crippen molar-refractivity contribution < 1.29 is 5.11 Å². The molecule has 1 aliphatic carbocycles. The minimum absolute atomic E-state index is 0.395. The van der Waals surface area contributed by atoms with Gasteiger partial charge in [-0.25, -0.2) is 9.97 Å². The molecule has 0 aromatic carbocycles.